The van der Waals surface area contributed by atoms with E-state index in [1.165, 1.54) is 7.11 Å². The number of nitrogens with one attached hydrogen (secondary N) is 1. The number of halogens is 1. The first-order valence-electron chi connectivity index (χ1n) is 6.57. The maximum Gasteiger partial charge on any atom is 0.321 e. The molecule has 4 nitrogen and oxygen atoms in total. The Morgan fingerprint density at radius 1 is 1.19 bits per heavy atom. The number of methoxy groups -OCH3 is 1. The molecule has 0 aliphatic carbocycles. The molecule has 1 atom stereocenters. The van der Waals surface area contributed by atoms with Crippen LogP contribution >= 0.6 is 15.9 Å². The lowest BCUT2D eigenvalue weighted by molar-refractivity contribution is -0.139. The number of fused-ring (bicyclic) bond motifs is 1. The van der Waals surface area contributed by atoms with Crippen molar-refractivity contribution in [1.82, 2.24) is 5.32 Å². The van der Waals surface area contributed by atoms with Gasteiger partial charge in [-0.05, 0) is 16.3 Å². The van der Waals surface area contributed by atoms with Crippen LogP contribution in [0.25, 0.3) is 10.8 Å². The molecule has 0 saturated heterocycles. The summed E-state index contributed by atoms with van der Waals surface area (Å²) in [5.41, 5.74) is 0.967. The molecule has 1 N–H and O–H groups in total. The molecule has 5 heteroatoms. The number of hydrogen-bond donors (Lipinski definition) is 1. The first kappa shape index (κ1) is 15.5. The summed E-state index contributed by atoms with van der Waals surface area (Å²) in [5.74, 6) is -0.528. The Hall–Kier alpha value is -1.88. The van der Waals surface area contributed by atoms with Crippen molar-refractivity contribution < 1.29 is 14.3 Å². The van der Waals surface area contributed by atoms with Crippen LogP contribution in [0, 0.1) is 0 Å². The molecule has 0 aliphatic rings. The maximum atomic E-state index is 12.0. The van der Waals surface area contributed by atoms with E-state index in [4.69, 9.17) is 0 Å². The van der Waals surface area contributed by atoms with Crippen molar-refractivity contribution in [2.45, 2.75) is 11.2 Å². The Bertz CT molecular complexity index is 652. The monoisotopic (exact) mass is 349 g/mol. The summed E-state index contributed by atoms with van der Waals surface area (Å²) >= 11 is 3.17. The molecule has 0 aromatic heterocycles. The van der Waals surface area contributed by atoms with Gasteiger partial charge < -0.3 is 10.1 Å². The smallest absolute Gasteiger partial charge is 0.321 e. The molecule has 2 rings (SSSR count). The third kappa shape index (κ3) is 4.04. The van der Waals surface area contributed by atoms with Gasteiger partial charge in [-0.25, -0.2) is 0 Å². The van der Waals surface area contributed by atoms with Gasteiger partial charge in [0.2, 0.25) is 5.91 Å². The molecule has 0 fully saturated rings. The van der Waals surface area contributed by atoms with Crippen molar-refractivity contribution in [1.29, 1.82) is 0 Å². The van der Waals surface area contributed by atoms with Gasteiger partial charge in [-0.3, -0.25) is 9.59 Å². The lowest BCUT2D eigenvalue weighted by atomic mass is 10.0. The van der Waals surface area contributed by atoms with Gasteiger partial charge in [-0.2, -0.15) is 0 Å². The van der Waals surface area contributed by atoms with E-state index in [9.17, 15) is 9.59 Å². The predicted octanol–water partition coefficient (Wildman–Crippen LogP) is 2.43. The van der Waals surface area contributed by atoms with Gasteiger partial charge in [-0.15, -0.1) is 0 Å². The predicted molar refractivity (Wildman–Crippen MR) is 85.4 cm³/mol. The van der Waals surface area contributed by atoms with Crippen LogP contribution in [-0.4, -0.2) is 30.4 Å². The normalized spacial score (nSPS) is 11.9. The van der Waals surface area contributed by atoms with Crippen LogP contribution in [0.5, 0.6) is 0 Å². The summed E-state index contributed by atoms with van der Waals surface area (Å²) in [6.07, 6.45) is 0.280. The summed E-state index contributed by atoms with van der Waals surface area (Å²) < 4.78 is 4.58. The molecular formula is C16H16BrNO3. The molecule has 0 saturated carbocycles. The van der Waals surface area contributed by atoms with Crippen LogP contribution in [0.3, 0.4) is 0 Å². The van der Waals surface area contributed by atoms with Crippen LogP contribution in [0.15, 0.2) is 42.5 Å². The maximum absolute atomic E-state index is 12.0. The molecule has 0 spiro atoms. The van der Waals surface area contributed by atoms with Crippen LogP contribution < -0.4 is 5.32 Å². The van der Waals surface area contributed by atoms with Gasteiger partial charge in [0.15, 0.2) is 0 Å². The number of hydrogen-bond acceptors (Lipinski definition) is 3. The lowest BCUT2D eigenvalue weighted by Gasteiger charge is -2.10. The van der Waals surface area contributed by atoms with E-state index in [0.29, 0.717) is 0 Å². The molecule has 0 radical (unpaired) electrons. The van der Waals surface area contributed by atoms with Gasteiger partial charge in [-0.1, -0.05) is 58.4 Å². The first-order valence-corrected chi connectivity index (χ1v) is 7.48. The van der Waals surface area contributed by atoms with Gasteiger partial charge in [0.25, 0.3) is 0 Å². The number of carbonyl (C=O) groups excluding carboxylic acids is 2. The van der Waals surface area contributed by atoms with Gasteiger partial charge in [0, 0.05) is 6.54 Å². The molecule has 2 aromatic carbocycles. The fourth-order valence-corrected chi connectivity index (χ4v) is 2.45. The topological polar surface area (TPSA) is 55.4 Å². The number of carbonyl (C=O) groups is 2. The fraction of sp³-hybridized carbons (Fsp3) is 0.250. The van der Waals surface area contributed by atoms with Crippen LogP contribution in [0.1, 0.15) is 5.56 Å². The average Bonchev–Trinajstić information content (AvgIpc) is 2.52. The number of ether oxygens (including phenoxy) is 1. The highest BCUT2D eigenvalue weighted by Crippen LogP contribution is 2.18. The van der Waals surface area contributed by atoms with Crippen molar-refractivity contribution in [3.63, 3.8) is 0 Å². The highest BCUT2D eigenvalue weighted by Gasteiger charge is 2.16. The summed E-state index contributed by atoms with van der Waals surface area (Å²) in [6, 6.07) is 13.8. The molecule has 1 amide bonds. The zero-order valence-corrected chi connectivity index (χ0v) is 13.2. The van der Waals surface area contributed by atoms with E-state index in [2.05, 4.69) is 26.0 Å². The Balaban J connectivity index is 2.00. The third-order valence-corrected chi connectivity index (χ3v) is 3.86. The molecule has 21 heavy (non-hydrogen) atoms. The van der Waals surface area contributed by atoms with Gasteiger partial charge >= 0.3 is 5.97 Å². The summed E-state index contributed by atoms with van der Waals surface area (Å²) in [6.45, 7) is 0.205. The molecular weight excluding hydrogens is 334 g/mol. The second-order valence-electron chi connectivity index (χ2n) is 4.61. The van der Waals surface area contributed by atoms with Gasteiger partial charge in [0.1, 0.15) is 4.83 Å². The quantitative estimate of drug-likeness (QED) is 0.666. The minimum atomic E-state index is -0.529. The van der Waals surface area contributed by atoms with E-state index >= 15 is 0 Å². The van der Waals surface area contributed by atoms with Crippen molar-refractivity contribution in [3.8, 4) is 0 Å². The van der Waals surface area contributed by atoms with Crippen LogP contribution in [0.2, 0.25) is 0 Å². The lowest BCUT2D eigenvalue weighted by Crippen LogP contribution is -2.34. The van der Waals surface area contributed by atoms with Crippen molar-refractivity contribution in [3.05, 3.63) is 48.0 Å². The Labute approximate surface area is 131 Å². The van der Waals surface area contributed by atoms with E-state index in [-0.39, 0.29) is 18.9 Å². The first-order chi connectivity index (χ1) is 10.1. The molecule has 2 aromatic rings. The molecule has 1 unspecified atom stereocenters. The van der Waals surface area contributed by atoms with E-state index in [0.717, 1.165) is 16.3 Å². The Morgan fingerprint density at radius 3 is 2.67 bits per heavy atom. The largest absolute Gasteiger partial charge is 0.468 e. The Kier molecular flexibility index (Phi) is 5.33. The zero-order valence-electron chi connectivity index (χ0n) is 11.6. The SMILES string of the molecule is COC(=O)C(Br)CNC(=O)Cc1cccc2ccccc12. The van der Waals surface area contributed by atoms with E-state index in [1.807, 2.05) is 42.5 Å². The minimum absolute atomic E-state index is 0.125. The molecule has 0 bridgehead atoms. The van der Waals surface area contributed by atoms with E-state index < -0.39 is 10.8 Å². The van der Waals surface area contributed by atoms with Gasteiger partial charge in [0.05, 0.1) is 13.5 Å². The molecule has 110 valence electrons. The third-order valence-electron chi connectivity index (χ3n) is 3.17. The number of alkyl halides is 1. The Morgan fingerprint density at radius 2 is 1.90 bits per heavy atom. The number of rotatable bonds is 5. The molecule has 0 aliphatic heterocycles. The highest BCUT2D eigenvalue weighted by atomic mass is 79.9. The standard InChI is InChI=1S/C16H16BrNO3/c1-21-16(20)14(17)10-18-15(19)9-12-7-4-6-11-5-2-3-8-13(11)12/h2-8,14H,9-10H2,1H3,(H,18,19). The number of esters is 1. The zero-order chi connectivity index (χ0) is 15.2. The summed E-state index contributed by atoms with van der Waals surface area (Å²) in [5, 5.41) is 4.90. The molecule has 0 heterocycles. The van der Waals surface area contributed by atoms with Crippen LogP contribution in [-0.2, 0) is 20.7 Å². The average molecular weight is 350 g/mol. The minimum Gasteiger partial charge on any atom is -0.468 e. The van der Waals surface area contributed by atoms with Crippen LogP contribution in [0.4, 0.5) is 0 Å². The van der Waals surface area contributed by atoms with Crippen molar-refractivity contribution in [2.75, 3.05) is 13.7 Å². The second kappa shape index (κ2) is 7.22. The second-order valence-corrected chi connectivity index (χ2v) is 5.72. The van der Waals surface area contributed by atoms with E-state index in [1.54, 1.807) is 0 Å². The summed E-state index contributed by atoms with van der Waals surface area (Å²) in [4.78, 5) is 22.7. The van der Waals surface area contributed by atoms with Crippen molar-refractivity contribution >= 4 is 38.6 Å². The number of amides is 1. The summed E-state index contributed by atoms with van der Waals surface area (Å²) in [7, 11) is 1.31. The fourth-order valence-electron chi connectivity index (χ4n) is 2.10. The highest BCUT2D eigenvalue weighted by molar-refractivity contribution is 9.10. The number of benzene rings is 2. The van der Waals surface area contributed by atoms with Crippen molar-refractivity contribution in [2.24, 2.45) is 0 Å².